The van der Waals surface area contributed by atoms with E-state index in [4.69, 9.17) is 5.73 Å². The zero-order chi connectivity index (χ0) is 23.5. The number of nitrogens with two attached hydrogens (primary N) is 1. The number of primary amides is 1. The SMILES string of the molecule is C=CCC[C@]1(C)/C(=N\NC(N)=O)CC[C@H]2[C@@H]3CC[C@@H]([C@H](C)CCCC(C)C)[C@@]3(C)CC[C@@H]21. The Kier molecular flexibility index (Phi) is 8.15. The molecule has 0 saturated heterocycles. The van der Waals surface area contributed by atoms with Crippen LogP contribution in [0, 0.1) is 46.3 Å². The highest BCUT2D eigenvalue weighted by atomic mass is 16.2. The predicted octanol–water partition coefficient (Wildman–Crippen LogP) is 7.30. The average molecular weight is 444 g/mol. The van der Waals surface area contributed by atoms with Crippen LogP contribution in [0.3, 0.4) is 0 Å². The largest absolute Gasteiger partial charge is 0.350 e. The van der Waals surface area contributed by atoms with Gasteiger partial charge in [-0.3, -0.25) is 0 Å². The van der Waals surface area contributed by atoms with Crippen LogP contribution in [-0.4, -0.2) is 11.7 Å². The molecule has 3 aliphatic rings. The van der Waals surface area contributed by atoms with Crippen LogP contribution >= 0.6 is 0 Å². The van der Waals surface area contributed by atoms with Crippen LogP contribution in [0.25, 0.3) is 0 Å². The lowest BCUT2D eigenvalue weighted by molar-refractivity contribution is -0.0439. The summed E-state index contributed by atoms with van der Waals surface area (Å²) in [6.07, 6.45) is 15.9. The van der Waals surface area contributed by atoms with Crippen molar-refractivity contribution in [1.82, 2.24) is 5.43 Å². The zero-order valence-corrected chi connectivity index (χ0v) is 21.5. The number of hydrogen-bond donors (Lipinski definition) is 2. The lowest BCUT2D eigenvalue weighted by Gasteiger charge is -2.57. The van der Waals surface area contributed by atoms with E-state index >= 15 is 0 Å². The molecule has 0 heterocycles. The molecular weight excluding hydrogens is 394 g/mol. The number of rotatable bonds is 9. The molecule has 3 saturated carbocycles. The molecule has 0 aliphatic heterocycles. The summed E-state index contributed by atoms with van der Waals surface area (Å²) >= 11 is 0. The van der Waals surface area contributed by atoms with E-state index in [1.807, 2.05) is 6.08 Å². The van der Waals surface area contributed by atoms with Crippen molar-refractivity contribution in [2.75, 3.05) is 0 Å². The number of hydrogen-bond acceptors (Lipinski definition) is 2. The van der Waals surface area contributed by atoms with Crippen molar-refractivity contribution in [2.45, 2.75) is 105 Å². The second-order valence-corrected chi connectivity index (χ2v) is 12.2. The van der Waals surface area contributed by atoms with Gasteiger partial charge in [0.25, 0.3) is 0 Å². The Morgan fingerprint density at radius 3 is 2.59 bits per heavy atom. The minimum absolute atomic E-state index is 0.0296. The highest BCUT2D eigenvalue weighted by molar-refractivity contribution is 5.92. The molecule has 3 aliphatic carbocycles. The summed E-state index contributed by atoms with van der Waals surface area (Å²) in [5.41, 5.74) is 9.57. The number of nitrogens with one attached hydrogen (secondary N) is 1. The first-order valence-electron chi connectivity index (χ1n) is 13.4. The minimum atomic E-state index is -0.563. The summed E-state index contributed by atoms with van der Waals surface area (Å²) in [5.74, 6) is 4.81. The van der Waals surface area contributed by atoms with Crippen molar-refractivity contribution in [3.05, 3.63) is 12.7 Å². The van der Waals surface area contributed by atoms with Gasteiger partial charge in [-0.2, -0.15) is 5.10 Å². The first-order valence-corrected chi connectivity index (χ1v) is 13.4. The summed E-state index contributed by atoms with van der Waals surface area (Å²) in [7, 11) is 0. The maximum atomic E-state index is 11.3. The van der Waals surface area contributed by atoms with Crippen LogP contribution < -0.4 is 11.2 Å². The number of hydrazone groups is 1. The van der Waals surface area contributed by atoms with E-state index in [2.05, 4.69) is 51.7 Å². The molecule has 0 aromatic heterocycles. The van der Waals surface area contributed by atoms with E-state index in [9.17, 15) is 4.79 Å². The van der Waals surface area contributed by atoms with Crippen molar-refractivity contribution < 1.29 is 4.79 Å². The molecule has 2 amide bonds. The van der Waals surface area contributed by atoms with Gasteiger partial charge in [-0.25, -0.2) is 10.2 Å². The number of urea groups is 1. The van der Waals surface area contributed by atoms with E-state index in [1.54, 1.807) is 0 Å². The molecule has 7 atom stereocenters. The molecule has 182 valence electrons. The topological polar surface area (TPSA) is 67.5 Å². The van der Waals surface area contributed by atoms with Crippen molar-refractivity contribution in [3.63, 3.8) is 0 Å². The lowest BCUT2D eigenvalue weighted by Crippen LogP contribution is -2.53. The van der Waals surface area contributed by atoms with E-state index in [0.717, 1.165) is 54.6 Å². The fraction of sp³-hybridized carbons (Fsp3) is 0.857. The number of allylic oxidation sites excluding steroid dienone is 1. The average Bonchev–Trinajstić information content (AvgIpc) is 3.08. The third-order valence-corrected chi connectivity index (χ3v) is 10.00. The van der Waals surface area contributed by atoms with Gasteiger partial charge in [-0.15, -0.1) is 6.58 Å². The molecule has 0 unspecified atom stereocenters. The van der Waals surface area contributed by atoms with Gasteiger partial charge in [0.15, 0.2) is 0 Å². The van der Waals surface area contributed by atoms with Gasteiger partial charge in [-0.05, 0) is 92.3 Å². The van der Waals surface area contributed by atoms with Crippen LogP contribution in [0.4, 0.5) is 4.79 Å². The maximum Gasteiger partial charge on any atom is 0.332 e. The van der Waals surface area contributed by atoms with E-state index in [1.165, 1.54) is 51.4 Å². The zero-order valence-electron chi connectivity index (χ0n) is 21.5. The van der Waals surface area contributed by atoms with E-state index < -0.39 is 6.03 Å². The lowest BCUT2D eigenvalue weighted by atomic mass is 9.47. The van der Waals surface area contributed by atoms with E-state index in [-0.39, 0.29) is 5.41 Å². The number of carbonyl (C=O) groups excluding carboxylic acids is 1. The van der Waals surface area contributed by atoms with Gasteiger partial charge >= 0.3 is 6.03 Å². The van der Waals surface area contributed by atoms with E-state index in [0.29, 0.717) is 11.3 Å². The molecule has 0 aromatic rings. The van der Waals surface area contributed by atoms with Gasteiger partial charge in [0.1, 0.15) is 0 Å². The fourth-order valence-corrected chi connectivity index (χ4v) is 8.35. The Bertz CT molecular complexity index is 701. The monoisotopic (exact) mass is 443 g/mol. The molecule has 32 heavy (non-hydrogen) atoms. The normalized spacial score (nSPS) is 38.9. The third-order valence-electron chi connectivity index (χ3n) is 10.00. The first-order chi connectivity index (χ1) is 15.1. The molecular formula is C28H49N3O. The molecule has 0 aromatic carbocycles. The Morgan fingerprint density at radius 1 is 1.19 bits per heavy atom. The van der Waals surface area contributed by atoms with Crippen molar-refractivity contribution in [2.24, 2.45) is 57.2 Å². The minimum Gasteiger partial charge on any atom is -0.350 e. The van der Waals surface area contributed by atoms with Crippen LogP contribution in [-0.2, 0) is 0 Å². The van der Waals surface area contributed by atoms with Crippen molar-refractivity contribution >= 4 is 11.7 Å². The highest BCUT2D eigenvalue weighted by Gasteiger charge is 2.59. The third kappa shape index (κ3) is 4.94. The maximum absolute atomic E-state index is 11.3. The van der Waals surface area contributed by atoms with Gasteiger partial charge in [-0.1, -0.05) is 60.0 Å². The summed E-state index contributed by atoms with van der Waals surface area (Å²) in [4.78, 5) is 11.3. The Labute approximate surface area is 197 Å². The predicted molar refractivity (Wildman–Crippen MR) is 135 cm³/mol. The molecule has 4 heteroatoms. The number of amides is 2. The highest BCUT2D eigenvalue weighted by Crippen LogP contribution is 2.66. The Morgan fingerprint density at radius 2 is 1.94 bits per heavy atom. The number of nitrogens with zero attached hydrogens (tertiary/aromatic N) is 1. The molecule has 0 bridgehead atoms. The smallest absolute Gasteiger partial charge is 0.332 e. The van der Waals surface area contributed by atoms with Gasteiger partial charge in [0.05, 0.1) is 0 Å². The standard InChI is InChI=1S/C28H49N3O/c1-7-8-17-28(6)24-16-18-27(5)22(20(4)11-9-10-19(2)3)13-14-23(27)21(24)12-15-25(28)30-31-26(29)32/h7,19-24H,1,8-18H2,2-6H3,(H3,29,31,32)/b30-25-/t20-,21+,22+,23+,24+,27-,28+/m1/s1. The van der Waals surface area contributed by atoms with Crippen molar-refractivity contribution in [1.29, 1.82) is 0 Å². The summed E-state index contributed by atoms with van der Waals surface area (Å²) < 4.78 is 0. The van der Waals surface area contributed by atoms with Crippen LogP contribution in [0.5, 0.6) is 0 Å². The molecule has 0 radical (unpaired) electrons. The quantitative estimate of drug-likeness (QED) is 0.285. The van der Waals surface area contributed by atoms with Crippen LogP contribution in [0.15, 0.2) is 17.8 Å². The molecule has 0 spiro atoms. The van der Waals surface area contributed by atoms with Gasteiger partial charge < -0.3 is 5.73 Å². The molecule has 3 fully saturated rings. The second kappa shape index (κ2) is 10.3. The molecule has 4 nitrogen and oxygen atoms in total. The molecule has 3 N–H and O–H groups in total. The number of carbonyl (C=O) groups is 1. The summed E-state index contributed by atoms with van der Waals surface area (Å²) in [5, 5.41) is 4.53. The fourth-order valence-electron chi connectivity index (χ4n) is 8.35. The summed E-state index contributed by atoms with van der Waals surface area (Å²) in [6.45, 7) is 16.3. The van der Waals surface area contributed by atoms with Gasteiger partial charge in [0, 0.05) is 11.1 Å². The van der Waals surface area contributed by atoms with Crippen molar-refractivity contribution in [3.8, 4) is 0 Å². The Hall–Kier alpha value is -1.32. The molecule has 3 rings (SSSR count). The van der Waals surface area contributed by atoms with Crippen LogP contribution in [0.2, 0.25) is 0 Å². The first kappa shape index (κ1) is 25.3. The Balaban J connectivity index is 1.78. The second-order valence-electron chi connectivity index (χ2n) is 12.2. The van der Waals surface area contributed by atoms with Crippen LogP contribution in [0.1, 0.15) is 105 Å². The summed E-state index contributed by atoms with van der Waals surface area (Å²) in [6, 6.07) is -0.563. The van der Waals surface area contributed by atoms with Gasteiger partial charge in [0.2, 0.25) is 0 Å². The number of fused-ring (bicyclic) bond motifs is 3.